The molecule has 0 saturated carbocycles. The van der Waals surface area contributed by atoms with Crippen LogP contribution in [0.3, 0.4) is 0 Å². The Labute approximate surface area is 169 Å². The van der Waals surface area contributed by atoms with Gasteiger partial charge in [-0.15, -0.1) is 12.4 Å². The predicted octanol–water partition coefficient (Wildman–Crippen LogP) is 2.74. The number of hydrogen-bond donors (Lipinski definition) is 3. The molecule has 1 saturated heterocycles. The van der Waals surface area contributed by atoms with Crippen molar-refractivity contribution >= 4 is 29.3 Å². The number of carbonyl (C=O) groups excluding carboxylic acids is 1. The molecule has 3 aromatic rings. The summed E-state index contributed by atoms with van der Waals surface area (Å²) in [5.41, 5.74) is 1.37. The van der Waals surface area contributed by atoms with Crippen molar-refractivity contribution in [3.05, 3.63) is 65.9 Å². The van der Waals surface area contributed by atoms with Crippen LogP contribution in [0, 0.1) is 5.92 Å². The first-order chi connectivity index (χ1) is 13.2. The van der Waals surface area contributed by atoms with E-state index in [9.17, 15) is 9.90 Å². The molecule has 2 aromatic carbocycles. The number of aliphatic hydroxyl groups excluding tert-OH is 1. The second kappa shape index (κ2) is 9.10. The van der Waals surface area contributed by atoms with Crippen molar-refractivity contribution in [2.24, 2.45) is 5.92 Å². The summed E-state index contributed by atoms with van der Waals surface area (Å²) in [7, 11) is 0. The largest absolute Gasteiger partial charge is 0.489 e. The molecule has 2 heterocycles. The number of para-hydroxylation sites is 2. The Hall–Kier alpha value is -2.54. The number of halogens is 1. The zero-order valence-corrected chi connectivity index (χ0v) is 16.1. The van der Waals surface area contributed by atoms with Crippen molar-refractivity contribution in [3.63, 3.8) is 0 Å². The standard InChI is InChI=1S/C21H22N2O4.ClH/c24-18-12-22-10-14(18)11-23-21(25)20-17(13-26-15-6-2-1-3-7-15)16-8-4-5-9-19(16)27-20;/h1-9,14,18,22,24H,10-13H2,(H,23,25);1H. The van der Waals surface area contributed by atoms with Gasteiger partial charge in [0, 0.05) is 36.5 Å². The number of β-amino-alcohol motifs (C(OH)–C–C–N with tert-alkyl or cyclic N) is 1. The second-order valence-corrected chi connectivity index (χ2v) is 6.70. The van der Waals surface area contributed by atoms with E-state index in [1.54, 1.807) is 0 Å². The lowest BCUT2D eigenvalue weighted by molar-refractivity contribution is 0.0898. The van der Waals surface area contributed by atoms with Gasteiger partial charge in [-0.2, -0.15) is 0 Å². The van der Waals surface area contributed by atoms with Crippen molar-refractivity contribution in [2.45, 2.75) is 12.7 Å². The topological polar surface area (TPSA) is 83.7 Å². The van der Waals surface area contributed by atoms with Crippen LogP contribution >= 0.6 is 12.4 Å². The Morgan fingerprint density at radius 1 is 1.14 bits per heavy atom. The van der Waals surface area contributed by atoms with Crippen LogP contribution in [0.4, 0.5) is 0 Å². The zero-order chi connectivity index (χ0) is 18.6. The fourth-order valence-electron chi connectivity index (χ4n) is 3.33. The van der Waals surface area contributed by atoms with Crippen molar-refractivity contribution < 1.29 is 19.1 Å². The minimum absolute atomic E-state index is 0. The number of rotatable bonds is 6. The van der Waals surface area contributed by atoms with E-state index in [4.69, 9.17) is 9.15 Å². The third-order valence-electron chi connectivity index (χ3n) is 4.86. The van der Waals surface area contributed by atoms with Crippen LogP contribution in [0.15, 0.2) is 59.0 Å². The summed E-state index contributed by atoms with van der Waals surface area (Å²) in [5.74, 6) is 0.696. The van der Waals surface area contributed by atoms with E-state index in [0.29, 0.717) is 25.2 Å². The monoisotopic (exact) mass is 402 g/mol. The fourth-order valence-corrected chi connectivity index (χ4v) is 3.33. The molecule has 0 spiro atoms. The molecule has 3 N–H and O–H groups in total. The summed E-state index contributed by atoms with van der Waals surface area (Å²) in [5, 5.41) is 16.8. The van der Waals surface area contributed by atoms with E-state index in [2.05, 4.69) is 10.6 Å². The maximum Gasteiger partial charge on any atom is 0.287 e. The quantitative estimate of drug-likeness (QED) is 0.590. The summed E-state index contributed by atoms with van der Waals surface area (Å²) in [6, 6.07) is 17.0. The van der Waals surface area contributed by atoms with Crippen molar-refractivity contribution in [3.8, 4) is 5.75 Å². The molecule has 0 aliphatic carbocycles. The smallest absolute Gasteiger partial charge is 0.287 e. The normalized spacial score (nSPS) is 18.6. The van der Waals surface area contributed by atoms with Crippen LogP contribution in [-0.4, -0.2) is 36.8 Å². The summed E-state index contributed by atoms with van der Waals surface area (Å²) in [6.45, 7) is 1.87. The maximum absolute atomic E-state index is 12.7. The SMILES string of the molecule is Cl.O=C(NCC1CNCC1O)c1oc2ccccc2c1COc1ccccc1. The van der Waals surface area contributed by atoms with E-state index in [0.717, 1.165) is 16.7 Å². The number of amides is 1. The van der Waals surface area contributed by atoms with E-state index in [1.165, 1.54) is 0 Å². The van der Waals surface area contributed by atoms with Gasteiger partial charge in [0.25, 0.3) is 5.91 Å². The van der Waals surface area contributed by atoms with E-state index < -0.39 is 6.10 Å². The average Bonchev–Trinajstić information content (AvgIpc) is 3.28. The average molecular weight is 403 g/mol. The summed E-state index contributed by atoms with van der Waals surface area (Å²) in [6.07, 6.45) is -0.443. The number of carbonyl (C=O) groups is 1. The number of benzene rings is 2. The first kappa shape index (κ1) is 20.2. The second-order valence-electron chi connectivity index (χ2n) is 6.70. The molecular formula is C21H23ClN2O4. The Kier molecular flexibility index (Phi) is 6.57. The molecule has 2 unspecified atom stereocenters. The van der Waals surface area contributed by atoms with Gasteiger partial charge in [0.05, 0.1) is 6.10 Å². The number of ether oxygens (including phenoxy) is 1. The molecule has 1 aromatic heterocycles. The first-order valence-electron chi connectivity index (χ1n) is 9.07. The van der Waals surface area contributed by atoms with Crippen LogP contribution in [0.5, 0.6) is 5.75 Å². The highest BCUT2D eigenvalue weighted by molar-refractivity contribution is 5.99. The van der Waals surface area contributed by atoms with Crippen LogP contribution < -0.4 is 15.4 Å². The van der Waals surface area contributed by atoms with Gasteiger partial charge < -0.3 is 24.9 Å². The molecule has 1 aliphatic heterocycles. The van der Waals surface area contributed by atoms with Gasteiger partial charge in [-0.1, -0.05) is 36.4 Å². The van der Waals surface area contributed by atoms with Crippen molar-refractivity contribution in [1.29, 1.82) is 0 Å². The molecule has 28 heavy (non-hydrogen) atoms. The van der Waals surface area contributed by atoms with Crippen LogP contribution in [0.1, 0.15) is 16.1 Å². The highest BCUT2D eigenvalue weighted by Gasteiger charge is 2.27. The van der Waals surface area contributed by atoms with Crippen molar-refractivity contribution in [1.82, 2.24) is 10.6 Å². The van der Waals surface area contributed by atoms with E-state index in [-0.39, 0.29) is 36.6 Å². The van der Waals surface area contributed by atoms with Crippen LogP contribution in [-0.2, 0) is 6.61 Å². The third-order valence-corrected chi connectivity index (χ3v) is 4.86. The van der Waals surface area contributed by atoms with Gasteiger partial charge in [-0.3, -0.25) is 4.79 Å². The molecule has 2 atom stereocenters. The van der Waals surface area contributed by atoms with Crippen LogP contribution in [0.25, 0.3) is 11.0 Å². The lowest BCUT2D eigenvalue weighted by atomic mass is 10.1. The maximum atomic E-state index is 12.7. The molecule has 7 heteroatoms. The number of nitrogens with one attached hydrogen (secondary N) is 2. The van der Waals surface area contributed by atoms with E-state index >= 15 is 0 Å². The lowest BCUT2D eigenvalue weighted by Crippen LogP contribution is -2.34. The lowest BCUT2D eigenvalue weighted by Gasteiger charge is -2.14. The molecule has 148 valence electrons. The zero-order valence-electron chi connectivity index (χ0n) is 15.3. The highest BCUT2D eigenvalue weighted by Crippen LogP contribution is 2.27. The molecular weight excluding hydrogens is 380 g/mol. The summed E-state index contributed by atoms with van der Waals surface area (Å²) in [4.78, 5) is 12.7. The number of fused-ring (bicyclic) bond motifs is 1. The number of aliphatic hydroxyl groups is 1. The molecule has 1 amide bonds. The summed E-state index contributed by atoms with van der Waals surface area (Å²) < 4.78 is 11.7. The Balaban J connectivity index is 0.00000225. The Morgan fingerprint density at radius 2 is 1.89 bits per heavy atom. The predicted molar refractivity (Wildman–Crippen MR) is 109 cm³/mol. The molecule has 1 fully saturated rings. The van der Waals surface area contributed by atoms with Gasteiger partial charge in [0.2, 0.25) is 0 Å². The third kappa shape index (κ3) is 4.30. The van der Waals surface area contributed by atoms with Crippen LogP contribution in [0.2, 0.25) is 0 Å². The summed E-state index contributed by atoms with van der Waals surface area (Å²) >= 11 is 0. The van der Waals surface area contributed by atoms with E-state index in [1.807, 2.05) is 54.6 Å². The van der Waals surface area contributed by atoms with Gasteiger partial charge >= 0.3 is 0 Å². The molecule has 1 aliphatic rings. The minimum Gasteiger partial charge on any atom is -0.489 e. The molecule has 0 radical (unpaired) electrons. The molecule has 4 rings (SSSR count). The Morgan fingerprint density at radius 3 is 2.64 bits per heavy atom. The highest BCUT2D eigenvalue weighted by atomic mass is 35.5. The van der Waals surface area contributed by atoms with Crippen molar-refractivity contribution in [2.75, 3.05) is 19.6 Å². The first-order valence-corrected chi connectivity index (χ1v) is 9.07. The number of furan rings is 1. The number of hydrogen-bond acceptors (Lipinski definition) is 5. The van der Waals surface area contributed by atoms with Gasteiger partial charge in [0.15, 0.2) is 5.76 Å². The van der Waals surface area contributed by atoms with Gasteiger partial charge in [-0.25, -0.2) is 0 Å². The molecule has 0 bridgehead atoms. The minimum atomic E-state index is -0.443. The van der Waals surface area contributed by atoms with Gasteiger partial charge in [-0.05, 0) is 18.2 Å². The molecule has 6 nitrogen and oxygen atoms in total. The fraction of sp³-hybridized carbons (Fsp3) is 0.286. The Bertz CT molecular complexity index is 929. The van der Waals surface area contributed by atoms with Gasteiger partial charge in [0.1, 0.15) is 17.9 Å².